The van der Waals surface area contributed by atoms with Crippen molar-refractivity contribution in [3.05, 3.63) is 88.0 Å². The molecule has 1 N–H and O–H groups in total. The molecule has 0 aliphatic rings. The monoisotopic (exact) mass is 369 g/mol. The summed E-state index contributed by atoms with van der Waals surface area (Å²) in [6.07, 6.45) is 1.59. The standard InChI is InChI=1S/C20H17ClFN3O/c1-13-10-16(12-23-24-20(26)15-6-4-3-5-7-15)14(2)25(13)17-8-9-19(22)18(21)11-17/h3-12H,1-2H3,(H,24,26)/b23-12+. The van der Waals surface area contributed by atoms with Crippen molar-refractivity contribution in [3.8, 4) is 5.69 Å². The number of carbonyl (C=O) groups excluding carboxylic acids is 1. The average Bonchev–Trinajstić information content (AvgIpc) is 2.92. The zero-order valence-electron chi connectivity index (χ0n) is 14.3. The van der Waals surface area contributed by atoms with Gasteiger partial charge in [0.15, 0.2) is 0 Å². The summed E-state index contributed by atoms with van der Waals surface area (Å²) in [5.74, 6) is -0.732. The molecule has 0 fully saturated rings. The van der Waals surface area contributed by atoms with Crippen LogP contribution in [0.15, 0.2) is 59.7 Å². The molecule has 0 unspecified atom stereocenters. The summed E-state index contributed by atoms with van der Waals surface area (Å²) < 4.78 is 15.4. The van der Waals surface area contributed by atoms with Gasteiger partial charge in [0.1, 0.15) is 5.82 Å². The van der Waals surface area contributed by atoms with Gasteiger partial charge in [-0.2, -0.15) is 5.10 Å². The van der Waals surface area contributed by atoms with E-state index in [0.717, 1.165) is 22.6 Å². The fourth-order valence-electron chi connectivity index (χ4n) is 2.75. The number of hydrazone groups is 1. The number of halogens is 2. The first-order valence-electron chi connectivity index (χ1n) is 8.00. The summed E-state index contributed by atoms with van der Waals surface area (Å²) in [4.78, 5) is 12.0. The number of benzene rings is 2. The molecule has 3 aromatic rings. The lowest BCUT2D eigenvalue weighted by atomic mass is 10.2. The van der Waals surface area contributed by atoms with Crippen LogP contribution in [-0.4, -0.2) is 16.7 Å². The van der Waals surface area contributed by atoms with Gasteiger partial charge in [-0.15, -0.1) is 0 Å². The highest BCUT2D eigenvalue weighted by atomic mass is 35.5. The van der Waals surface area contributed by atoms with Crippen molar-refractivity contribution in [2.45, 2.75) is 13.8 Å². The lowest BCUT2D eigenvalue weighted by Gasteiger charge is -2.10. The number of hydrogen-bond donors (Lipinski definition) is 1. The van der Waals surface area contributed by atoms with E-state index in [9.17, 15) is 9.18 Å². The number of carbonyl (C=O) groups is 1. The average molecular weight is 370 g/mol. The molecule has 0 bridgehead atoms. The van der Waals surface area contributed by atoms with Crippen molar-refractivity contribution < 1.29 is 9.18 Å². The number of aryl methyl sites for hydroxylation is 1. The van der Waals surface area contributed by atoms with Crippen molar-refractivity contribution >= 4 is 23.7 Å². The van der Waals surface area contributed by atoms with Crippen LogP contribution in [0.4, 0.5) is 4.39 Å². The topological polar surface area (TPSA) is 46.4 Å². The third-order valence-corrected chi connectivity index (χ3v) is 4.33. The fraction of sp³-hybridized carbons (Fsp3) is 0.100. The molecule has 4 nitrogen and oxygen atoms in total. The van der Waals surface area contributed by atoms with Crippen LogP contribution in [-0.2, 0) is 0 Å². The van der Waals surface area contributed by atoms with Crippen LogP contribution in [0.25, 0.3) is 5.69 Å². The third kappa shape index (κ3) is 3.68. The van der Waals surface area contributed by atoms with E-state index in [4.69, 9.17) is 11.6 Å². The molecule has 0 saturated carbocycles. The first-order chi connectivity index (χ1) is 12.5. The summed E-state index contributed by atoms with van der Waals surface area (Å²) in [6, 6.07) is 15.4. The molecule has 132 valence electrons. The summed E-state index contributed by atoms with van der Waals surface area (Å²) in [5.41, 5.74) is 6.51. The molecular formula is C20H17ClFN3O. The molecule has 1 aromatic heterocycles. The first kappa shape index (κ1) is 17.9. The molecule has 0 saturated heterocycles. The van der Waals surface area contributed by atoms with Gasteiger partial charge in [-0.1, -0.05) is 29.8 Å². The molecule has 0 aliphatic heterocycles. The Kier molecular flexibility index (Phi) is 5.19. The molecule has 1 amide bonds. The normalized spacial score (nSPS) is 11.1. The van der Waals surface area contributed by atoms with Crippen LogP contribution in [0, 0.1) is 19.7 Å². The molecule has 3 rings (SSSR count). The third-order valence-electron chi connectivity index (χ3n) is 4.04. The Bertz CT molecular complexity index is 980. The van der Waals surface area contributed by atoms with Crippen molar-refractivity contribution in [1.29, 1.82) is 0 Å². The molecule has 0 atom stereocenters. The van der Waals surface area contributed by atoms with Crippen molar-refractivity contribution in [2.24, 2.45) is 5.10 Å². The van der Waals surface area contributed by atoms with Crippen molar-refractivity contribution in [1.82, 2.24) is 9.99 Å². The first-order valence-corrected chi connectivity index (χ1v) is 8.38. The minimum atomic E-state index is -0.455. The van der Waals surface area contributed by atoms with E-state index in [1.165, 1.54) is 6.07 Å². The van der Waals surface area contributed by atoms with Gasteiger partial charge in [-0.3, -0.25) is 4.79 Å². The van der Waals surface area contributed by atoms with Crippen LogP contribution in [0.1, 0.15) is 27.3 Å². The number of nitrogens with zero attached hydrogens (tertiary/aromatic N) is 2. The largest absolute Gasteiger partial charge is 0.318 e. The highest BCUT2D eigenvalue weighted by Gasteiger charge is 2.11. The van der Waals surface area contributed by atoms with Gasteiger partial charge in [0.25, 0.3) is 5.91 Å². The Balaban J connectivity index is 1.81. The highest BCUT2D eigenvalue weighted by molar-refractivity contribution is 6.30. The number of rotatable bonds is 4. The number of nitrogens with one attached hydrogen (secondary N) is 1. The Hall–Kier alpha value is -2.92. The fourth-order valence-corrected chi connectivity index (χ4v) is 2.93. The molecule has 1 heterocycles. The van der Waals surface area contributed by atoms with Gasteiger partial charge in [-0.25, -0.2) is 9.82 Å². The molecule has 6 heteroatoms. The Morgan fingerprint density at radius 2 is 1.88 bits per heavy atom. The number of amides is 1. The second kappa shape index (κ2) is 7.54. The van der Waals surface area contributed by atoms with Crippen molar-refractivity contribution in [2.75, 3.05) is 0 Å². The lowest BCUT2D eigenvalue weighted by molar-refractivity contribution is 0.0955. The lowest BCUT2D eigenvalue weighted by Crippen LogP contribution is -2.17. The SMILES string of the molecule is Cc1cc(/C=N/NC(=O)c2ccccc2)c(C)n1-c1ccc(F)c(Cl)c1. The summed E-state index contributed by atoms with van der Waals surface area (Å²) in [6.45, 7) is 3.86. The molecule has 26 heavy (non-hydrogen) atoms. The number of aromatic nitrogens is 1. The predicted octanol–water partition coefficient (Wildman–Crippen LogP) is 4.65. The second-order valence-electron chi connectivity index (χ2n) is 5.83. The van der Waals surface area contributed by atoms with Gasteiger partial charge in [-0.05, 0) is 50.2 Å². The van der Waals surface area contributed by atoms with E-state index >= 15 is 0 Å². The van der Waals surface area contributed by atoms with Crippen molar-refractivity contribution in [3.63, 3.8) is 0 Å². The zero-order valence-corrected chi connectivity index (χ0v) is 15.1. The quantitative estimate of drug-likeness (QED) is 0.528. The van der Waals surface area contributed by atoms with Gasteiger partial charge >= 0.3 is 0 Å². The summed E-state index contributed by atoms with van der Waals surface area (Å²) in [7, 11) is 0. The van der Waals surface area contributed by atoms with Crippen LogP contribution >= 0.6 is 11.6 Å². The molecule has 2 aromatic carbocycles. The van der Waals surface area contributed by atoms with Crippen LogP contribution < -0.4 is 5.43 Å². The van der Waals surface area contributed by atoms with Gasteiger partial charge in [0.2, 0.25) is 0 Å². The van der Waals surface area contributed by atoms with E-state index in [-0.39, 0.29) is 10.9 Å². The highest BCUT2D eigenvalue weighted by Crippen LogP contribution is 2.24. The van der Waals surface area contributed by atoms with E-state index < -0.39 is 5.82 Å². The molecular weight excluding hydrogens is 353 g/mol. The molecule has 0 spiro atoms. The van der Waals surface area contributed by atoms with E-state index in [2.05, 4.69) is 10.5 Å². The minimum Gasteiger partial charge on any atom is -0.318 e. The van der Waals surface area contributed by atoms with Gasteiger partial charge in [0, 0.05) is 28.2 Å². The Morgan fingerprint density at radius 1 is 1.15 bits per heavy atom. The molecule has 0 radical (unpaired) electrons. The van der Waals surface area contributed by atoms with Gasteiger partial charge in [0.05, 0.1) is 11.2 Å². The second-order valence-corrected chi connectivity index (χ2v) is 6.23. The summed E-state index contributed by atoms with van der Waals surface area (Å²) in [5, 5.41) is 4.10. The van der Waals surface area contributed by atoms with Crippen LogP contribution in [0.5, 0.6) is 0 Å². The maximum absolute atomic E-state index is 13.4. The molecule has 0 aliphatic carbocycles. The Labute approximate surface area is 155 Å². The minimum absolute atomic E-state index is 0.0698. The van der Waals surface area contributed by atoms with Crippen LogP contribution in [0.2, 0.25) is 5.02 Å². The zero-order chi connectivity index (χ0) is 18.7. The van der Waals surface area contributed by atoms with E-state index in [1.807, 2.05) is 30.5 Å². The maximum atomic E-state index is 13.4. The number of hydrogen-bond acceptors (Lipinski definition) is 2. The maximum Gasteiger partial charge on any atom is 0.271 e. The smallest absolute Gasteiger partial charge is 0.271 e. The Morgan fingerprint density at radius 3 is 2.58 bits per heavy atom. The summed E-state index contributed by atoms with van der Waals surface area (Å²) >= 11 is 5.89. The van der Waals surface area contributed by atoms with Crippen LogP contribution in [0.3, 0.4) is 0 Å². The predicted molar refractivity (Wildman–Crippen MR) is 102 cm³/mol. The van der Waals surface area contributed by atoms with E-state index in [1.54, 1.807) is 42.6 Å². The van der Waals surface area contributed by atoms with E-state index in [0.29, 0.717) is 5.56 Å². The van der Waals surface area contributed by atoms with Gasteiger partial charge < -0.3 is 4.57 Å².